The van der Waals surface area contributed by atoms with E-state index in [4.69, 9.17) is 27.6 Å². The van der Waals surface area contributed by atoms with Gasteiger partial charge in [-0.05, 0) is 39.7 Å². The minimum atomic E-state index is -2.77. The molecule has 0 fully saturated rings. The van der Waals surface area contributed by atoms with Crippen LogP contribution in [0.15, 0.2) is 91.1 Å². The van der Waals surface area contributed by atoms with E-state index in [0.717, 1.165) is 16.9 Å². The van der Waals surface area contributed by atoms with Crippen LogP contribution in [0.25, 0.3) is 5.69 Å². The van der Waals surface area contributed by atoms with Gasteiger partial charge in [0.25, 0.3) is 8.32 Å². The van der Waals surface area contributed by atoms with Crippen LogP contribution in [0.5, 0.6) is 0 Å². The maximum atomic E-state index is 11.8. The fraction of sp³-hybridized carbons (Fsp3) is 0.258. The summed E-state index contributed by atoms with van der Waals surface area (Å²) in [4.78, 5) is 11.8. The van der Waals surface area contributed by atoms with Gasteiger partial charge in [-0.25, -0.2) is 0 Å². The van der Waals surface area contributed by atoms with Crippen molar-refractivity contribution in [1.82, 2.24) is 9.88 Å². The van der Waals surface area contributed by atoms with E-state index in [0.29, 0.717) is 23.0 Å². The summed E-state index contributed by atoms with van der Waals surface area (Å²) in [6, 6.07) is 28.7. The third kappa shape index (κ3) is 5.62. The summed E-state index contributed by atoms with van der Waals surface area (Å²) in [5.41, 5.74) is 2.47. The molecule has 1 heterocycles. The van der Waals surface area contributed by atoms with Crippen LogP contribution in [0.2, 0.25) is 15.1 Å². The fourth-order valence-electron chi connectivity index (χ4n) is 4.96. The topological polar surface area (TPSA) is 43.3 Å². The van der Waals surface area contributed by atoms with Crippen LogP contribution in [0.4, 0.5) is 0 Å². The van der Waals surface area contributed by atoms with Crippen molar-refractivity contribution in [3.05, 3.63) is 112 Å². The lowest BCUT2D eigenvalue weighted by molar-refractivity contribution is -0.120. The monoisotopic (exact) mass is 564 g/mol. The first kappa shape index (κ1) is 28.2. The Kier molecular flexibility index (Phi) is 8.84. The van der Waals surface area contributed by atoms with Crippen molar-refractivity contribution in [1.29, 1.82) is 0 Å². The maximum absolute atomic E-state index is 11.8. The molecule has 38 heavy (non-hydrogen) atoms. The van der Waals surface area contributed by atoms with Gasteiger partial charge in [0, 0.05) is 28.9 Å². The van der Waals surface area contributed by atoms with Crippen molar-refractivity contribution in [2.45, 2.75) is 52.3 Å². The van der Waals surface area contributed by atoms with Crippen LogP contribution >= 0.6 is 23.2 Å². The van der Waals surface area contributed by atoms with Gasteiger partial charge in [-0.3, -0.25) is 4.79 Å². The highest BCUT2D eigenvalue weighted by Gasteiger charge is 2.50. The number of nitrogens with one attached hydrogen (secondary N) is 1. The number of aromatic nitrogens is 1. The molecule has 0 saturated heterocycles. The number of benzene rings is 3. The van der Waals surface area contributed by atoms with Crippen molar-refractivity contribution in [3.63, 3.8) is 0 Å². The van der Waals surface area contributed by atoms with Gasteiger partial charge in [0.1, 0.15) is 0 Å². The Morgan fingerprint density at radius 3 is 2.05 bits per heavy atom. The Bertz CT molecular complexity index is 1340. The fourth-order valence-corrected chi connectivity index (χ4v) is 10.0. The molecule has 0 aliphatic rings. The molecule has 0 atom stereocenters. The number of hydrogen-bond donors (Lipinski definition) is 1. The van der Waals surface area contributed by atoms with Gasteiger partial charge in [-0.15, -0.1) is 0 Å². The number of rotatable bonds is 9. The van der Waals surface area contributed by atoms with E-state index < -0.39 is 8.32 Å². The second-order valence-corrected chi connectivity index (χ2v) is 15.4. The SMILES string of the molecule is CCC(=O)NCc1cccn1-c1ccc(Cl)c(CO[Si](c2ccccc2)(c2ccccc2)C(C)(C)C)c1Cl. The Morgan fingerprint density at radius 1 is 0.895 bits per heavy atom. The standard InChI is InChI=1S/C31H34Cl2N2O2Si/c1-5-29(36)34-21-23-13-12-20-35(23)28-19-18-27(32)26(30(28)33)22-37-38(31(2,3)4,24-14-8-6-9-15-24)25-16-10-7-11-17-25/h6-20H,5,21-22H2,1-4H3,(H,34,36). The van der Waals surface area contributed by atoms with Crippen molar-refractivity contribution in [2.75, 3.05) is 0 Å². The maximum Gasteiger partial charge on any atom is 0.261 e. The van der Waals surface area contributed by atoms with Crippen molar-refractivity contribution < 1.29 is 9.22 Å². The highest BCUT2D eigenvalue weighted by Crippen LogP contribution is 2.39. The second kappa shape index (κ2) is 11.9. The van der Waals surface area contributed by atoms with Crippen LogP contribution in [0.3, 0.4) is 0 Å². The van der Waals surface area contributed by atoms with E-state index in [1.807, 2.05) is 54.1 Å². The van der Waals surface area contributed by atoms with Crippen molar-refractivity contribution in [3.8, 4) is 5.69 Å². The van der Waals surface area contributed by atoms with Crippen LogP contribution < -0.4 is 15.7 Å². The van der Waals surface area contributed by atoms with Crippen LogP contribution in [-0.2, 0) is 22.4 Å². The number of amides is 1. The minimum Gasteiger partial charge on any atom is -0.403 e. The Labute approximate surface area is 236 Å². The molecule has 4 rings (SSSR count). The van der Waals surface area contributed by atoms with E-state index >= 15 is 0 Å². The lowest BCUT2D eigenvalue weighted by atomic mass is 10.2. The molecule has 1 N–H and O–H groups in total. The molecule has 0 radical (unpaired) electrons. The molecule has 0 saturated carbocycles. The molecular weight excluding hydrogens is 531 g/mol. The molecular formula is C31H34Cl2N2O2Si. The van der Waals surface area contributed by atoms with Gasteiger partial charge in [0.2, 0.25) is 5.91 Å². The Balaban J connectivity index is 1.76. The zero-order valence-electron chi connectivity index (χ0n) is 22.3. The average Bonchev–Trinajstić information content (AvgIpc) is 3.38. The Morgan fingerprint density at radius 2 is 1.50 bits per heavy atom. The molecule has 1 aromatic heterocycles. The molecule has 4 aromatic rings. The molecule has 7 heteroatoms. The summed E-state index contributed by atoms with van der Waals surface area (Å²) in [5.74, 6) is -0.000607. The zero-order valence-corrected chi connectivity index (χ0v) is 24.8. The predicted molar refractivity (Wildman–Crippen MR) is 160 cm³/mol. The van der Waals surface area contributed by atoms with Gasteiger partial charge >= 0.3 is 0 Å². The van der Waals surface area contributed by atoms with Gasteiger partial charge in [-0.2, -0.15) is 0 Å². The normalized spacial score (nSPS) is 11.9. The van der Waals surface area contributed by atoms with Gasteiger partial charge in [0.05, 0.1) is 23.9 Å². The average molecular weight is 566 g/mol. The molecule has 198 valence electrons. The Hall–Kier alpha value is -2.83. The number of halogens is 2. The second-order valence-electron chi connectivity index (χ2n) is 10.3. The molecule has 1 amide bonds. The lowest BCUT2D eigenvalue weighted by Crippen LogP contribution is -2.66. The van der Waals surface area contributed by atoms with Crippen molar-refractivity contribution in [2.24, 2.45) is 0 Å². The summed E-state index contributed by atoms with van der Waals surface area (Å²) in [7, 11) is -2.77. The lowest BCUT2D eigenvalue weighted by Gasteiger charge is -2.43. The number of hydrogen-bond acceptors (Lipinski definition) is 2. The highest BCUT2D eigenvalue weighted by atomic mass is 35.5. The third-order valence-electron chi connectivity index (χ3n) is 6.90. The quantitative estimate of drug-likeness (QED) is 0.225. The largest absolute Gasteiger partial charge is 0.403 e. The van der Waals surface area contributed by atoms with E-state index in [-0.39, 0.29) is 17.6 Å². The van der Waals surface area contributed by atoms with E-state index in [2.05, 4.69) is 74.6 Å². The molecule has 0 spiro atoms. The first-order chi connectivity index (χ1) is 18.2. The number of carbonyl (C=O) groups is 1. The van der Waals surface area contributed by atoms with E-state index in [1.54, 1.807) is 0 Å². The third-order valence-corrected chi connectivity index (χ3v) is 12.7. The molecule has 0 aliphatic carbocycles. The van der Waals surface area contributed by atoms with Crippen LogP contribution in [0, 0.1) is 0 Å². The van der Waals surface area contributed by atoms with E-state index in [1.165, 1.54) is 10.4 Å². The number of nitrogens with zero attached hydrogens (tertiary/aromatic N) is 1. The van der Waals surface area contributed by atoms with Crippen LogP contribution in [0.1, 0.15) is 45.4 Å². The molecule has 0 aliphatic heterocycles. The smallest absolute Gasteiger partial charge is 0.261 e. The summed E-state index contributed by atoms with van der Waals surface area (Å²) >= 11 is 13.8. The van der Waals surface area contributed by atoms with Crippen LogP contribution in [-0.4, -0.2) is 18.8 Å². The predicted octanol–water partition coefficient (Wildman–Crippen LogP) is 6.89. The van der Waals surface area contributed by atoms with Crippen molar-refractivity contribution >= 4 is 47.8 Å². The summed E-state index contributed by atoms with van der Waals surface area (Å²) in [6.07, 6.45) is 2.38. The molecule has 4 nitrogen and oxygen atoms in total. The molecule has 0 unspecified atom stereocenters. The summed E-state index contributed by atoms with van der Waals surface area (Å²) in [6.45, 7) is 9.25. The summed E-state index contributed by atoms with van der Waals surface area (Å²) in [5, 5.41) is 6.26. The first-order valence-electron chi connectivity index (χ1n) is 12.8. The summed E-state index contributed by atoms with van der Waals surface area (Å²) < 4.78 is 9.10. The zero-order chi connectivity index (χ0) is 27.3. The first-order valence-corrected chi connectivity index (χ1v) is 15.5. The van der Waals surface area contributed by atoms with Gasteiger partial charge < -0.3 is 14.3 Å². The molecule has 0 bridgehead atoms. The van der Waals surface area contributed by atoms with Gasteiger partial charge in [0.15, 0.2) is 0 Å². The minimum absolute atomic E-state index is 0.000607. The highest BCUT2D eigenvalue weighted by molar-refractivity contribution is 6.99. The molecule has 3 aromatic carbocycles. The number of carbonyl (C=O) groups excluding carboxylic acids is 1. The van der Waals surface area contributed by atoms with Gasteiger partial charge in [-0.1, -0.05) is 112 Å². The van der Waals surface area contributed by atoms with E-state index in [9.17, 15) is 4.79 Å².